The highest BCUT2D eigenvalue weighted by Gasteiger charge is 2.32. The molecule has 0 aliphatic heterocycles. The van der Waals surface area contributed by atoms with Gasteiger partial charge in [0.2, 0.25) is 0 Å². The smallest absolute Gasteiger partial charge is 0.0598 e. The summed E-state index contributed by atoms with van der Waals surface area (Å²) in [5.41, 5.74) is -0.652. The number of hydrogen-bond donors (Lipinski definition) is 1. The SMILES string of the molecule is CCCC(CO)(COC(C)(C)C)COC(C)(C)C. The summed E-state index contributed by atoms with van der Waals surface area (Å²) in [4.78, 5) is 0. The minimum atomic E-state index is -0.282. The zero-order valence-corrected chi connectivity index (χ0v) is 13.3. The van der Waals surface area contributed by atoms with Gasteiger partial charge in [-0.15, -0.1) is 0 Å². The molecule has 0 saturated heterocycles. The Morgan fingerprint density at radius 1 is 0.833 bits per heavy atom. The van der Waals surface area contributed by atoms with Gasteiger partial charge in [-0.2, -0.15) is 0 Å². The summed E-state index contributed by atoms with van der Waals surface area (Å²) < 4.78 is 11.7. The molecule has 0 aromatic carbocycles. The Bertz CT molecular complexity index is 205. The van der Waals surface area contributed by atoms with E-state index in [4.69, 9.17) is 9.47 Å². The van der Waals surface area contributed by atoms with E-state index in [2.05, 4.69) is 6.92 Å². The molecule has 0 unspecified atom stereocenters. The fraction of sp³-hybridized carbons (Fsp3) is 1.00. The number of ether oxygens (including phenoxy) is 2. The largest absolute Gasteiger partial charge is 0.396 e. The summed E-state index contributed by atoms with van der Waals surface area (Å²) in [6, 6.07) is 0. The van der Waals surface area contributed by atoms with Crippen molar-refractivity contribution in [3.8, 4) is 0 Å². The Balaban J connectivity index is 4.60. The van der Waals surface area contributed by atoms with E-state index >= 15 is 0 Å². The predicted octanol–water partition coefficient (Wildman–Crippen LogP) is 3.40. The van der Waals surface area contributed by atoms with E-state index < -0.39 is 0 Å². The average Bonchev–Trinajstić information content (AvgIpc) is 2.20. The zero-order valence-electron chi connectivity index (χ0n) is 13.3. The maximum Gasteiger partial charge on any atom is 0.0598 e. The molecule has 18 heavy (non-hydrogen) atoms. The minimum absolute atomic E-state index is 0.104. The van der Waals surface area contributed by atoms with Crippen LogP contribution in [0.25, 0.3) is 0 Å². The van der Waals surface area contributed by atoms with Crippen molar-refractivity contribution in [1.29, 1.82) is 0 Å². The van der Waals surface area contributed by atoms with Gasteiger partial charge in [0.1, 0.15) is 0 Å². The molecular formula is C15H32O3. The van der Waals surface area contributed by atoms with Crippen LogP contribution in [0.4, 0.5) is 0 Å². The van der Waals surface area contributed by atoms with Gasteiger partial charge in [0.25, 0.3) is 0 Å². The summed E-state index contributed by atoms with van der Waals surface area (Å²) in [5.74, 6) is 0. The molecule has 110 valence electrons. The molecule has 0 amide bonds. The van der Waals surface area contributed by atoms with Gasteiger partial charge >= 0.3 is 0 Å². The monoisotopic (exact) mass is 260 g/mol. The summed E-state index contributed by atoms with van der Waals surface area (Å²) in [6.07, 6.45) is 1.93. The van der Waals surface area contributed by atoms with Crippen molar-refractivity contribution in [2.75, 3.05) is 19.8 Å². The van der Waals surface area contributed by atoms with Gasteiger partial charge in [-0.3, -0.25) is 0 Å². The van der Waals surface area contributed by atoms with E-state index in [1.807, 2.05) is 41.5 Å². The van der Waals surface area contributed by atoms with Gasteiger partial charge in [0.05, 0.1) is 31.0 Å². The van der Waals surface area contributed by atoms with E-state index in [-0.39, 0.29) is 23.2 Å². The zero-order chi connectivity index (χ0) is 14.4. The van der Waals surface area contributed by atoms with E-state index in [9.17, 15) is 5.11 Å². The van der Waals surface area contributed by atoms with Gasteiger partial charge in [0.15, 0.2) is 0 Å². The Hall–Kier alpha value is -0.120. The first-order valence-corrected chi connectivity index (χ1v) is 6.92. The molecule has 0 bridgehead atoms. The number of aliphatic hydroxyl groups is 1. The highest BCUT2D eigenvalue weighted by atomic mass is 16.5. The molecule has 0 fully saturated rings. The van der Waals surface area contributed by atoms with Crippen LogP contribution >= 0.6 is 0 Å². The first-order chi connectivity index (χ1) is 8.04. The van der Waals surface area contributed by atoms with Gasteiger partial charge in [-0.1, -0.05) is 13.3 Å². The first kappa shape index (κ1) is 17.9. The molecule has 0 radical (unpaired) electrons. The van der Waals surface area contributed by atoms with Crippen molar-refractivity contribution >= 4 is 0 Å². The normalized spacial score (nSPS) is 14.0. The second-order valence-corrected chi connectivity index (χ2v) is 7.21. The summed E-state index contributed by atoms with van der Waals surface area (Å²) in [5, 5.41) is 9.74. The lowest BCUT2D eigenvalue weighted by Gasteiger charge is -2.36. The molecule has 1 N–H and O–H groups in total. The summed E-state index contributed by atoms with van der Waals surface area (Å²) in [6.45, 7) is 15.5. The van der Waals surface area contributed by atoms with Crippen LogP contribution in [-0.4, -0.2) is 36.1 Å². The molecule has 0 aliphatic carbocycles. The standard InChI is InChI=1S/C15H32O3/c1-8-9-15(10-16,11-17-13(2,3)4)12-18-14(5,6)7/h16H,8-12H2,1-7H3. The lowest BCUT2D eigenvalue weighted by molar-refractivity contribution is -0.125. The van der Waals surface area contributed by atoms with Gasteiger partial charge in [-0.05, 0) is 48.0 Å². The maximum absolute atomic E-state index is 9.74. The molecule has 0 heterocycles. The topological polar surface area (TPSA) is 38.7 Å². The third-order valence-electron chi connectivity index (χ3n) is 2.74. The first-order valence-electron chi connectivity index (χ1n) is 6.92. The summed E-state index contributed by atoms with van der Waals surface area (Å²) in [7, 11) is 0. The lowest BCUT2D eigenvalue weighted by atomic mass is 9.85. The van der Waals surface area contributed by atoms with Gasteiger partial charge in [0, 0.05) is 5.41 Å². The van der Waals surface area contributed by atoms with E-state index in [0.717, 1.165) is 12.8 Å². The van der Waals surface area contributed by atoms with Crippen LogP contribution in [0.2, 0.25) is 0 Å². The van der Waals surface area contributed by atoms with Gasteiger partial charge in [-0.25, -0.2) is 0 Å². The van der Waals surface area contributed by atoms with Crippen molar-refractivity contribution < 1.29 is 14.6 Å². The van der Waals surface area contributed by atoms with Crippen LogP contribution in [0.15, 0.2) is 0 Å². The van der Waals surface area contributed by atoms with Crippen molar-refractivity contribution in [3.05, 3.63) is 0 Å². The molecule has 3 nitrogen and oxygen atoms in total. The Morgan fingerprint density at radius 2 is 1.22 bits per heavy atom. The fourth-order valence-electron chi connectivity index (χ4n) is 1.63. The molecule has 3 heteroatoms. The third kappa shape index (κ3) is 8.06. The van der Waals surface area contributed by atoms with Crippen LogP contribution in [0, 0.1) is 5.41 Å². The van der Waals surface area contributed by atoms with Crippen LogP contribution in [0.5, 0.6) is 0 Å². The maximum atomic E-state index is 9.74. The lowest BCUT2D eigenvalue weighted by Crippen LogP contribution is -2.41. The molecule has 0 aromatic rings. The molecule has 0 aliphatic rings. The Morgan fingerprint density at radius 3 is 1.44 bits per heavy atom. The summed E-state index contributed by atoms with van der Waals surface area (Å²) >= 11 is 0. The fourth-order valence-corrected chi connectivity index (χ4v) is 1.63. The third-order valence-corrected chi connectivity index (χ3v) is 2.74. The highest BCUT2D eigenvalue weighted by molar-refractivity contribution is 4.80. The van der Waals surface area contributed by atoms with Crippen LogP contribution < -0.4 is 0 Å². The van der Waals surface area contributed by atoms with Crippen LogP contribution in [0.1, 0.15) is 61.3 Å². The van der Waals surface area contributed by atoms with Crippen molar-refractivity contribution in [1.82, 2.24) is 0 Å². The van der Waals surface area contributed by atoms with Crippen LogP contribution in [-0.2, 0) is 9.47 Å². The van der Waals surface area contributed by atoms with Gasteiger partial charge < -0.3 is 14.6 Å². The molecule has 0 spiro atoms. The number of aliphatic hydroxyl groups excluding tert-OH is 1. The Kier molecular flexibility index (Phi) is 6.83. The van der Waals surface area contributed by atoms with Crippen molar-refractivity contribution in [2.24, 2.45) is 5.41 Å². The molecule has 0 aromatic heterocycles. The average molecular weight is 260 g/mol. The second-order valence-electron chi connectivity index (χ2n) is 7.21. The number of rotatable bonds is 7. The van der Waals surface area contributed by atoms with Crippen molar-refractivity contribution in [3.63, 3.8) is 0 Å². The molecule has 0 rings (SSSR count). The number of hydrogen-bond acceptors (Lipinski definition) is 3. The predicted molar refractivity (Wildman–Crippen MR) is 75.8 cm³/mol. The Labute approximate surface area is 113 Å². The molecular weight excluding hydrogens is 228 g/mol. The van der Waals surface area contributed by atoms with E-state index in [1.165, 1.54) is 0 Å². The van der Waals surface area contributed by atoms with E-state index in [0.29, 0.717) is 13.2 Å². The molecule has 0 saturated carbocycles. The van der Waals surface area contributed by atoms with Crippen molar-refractivity contribution in [2.45, 2.75) is 72.5 Å². The second kappa shape index (κ2) is 6.88. The van der Waals surface area contributed by atoms with Crippen LogP contribution in [0.3, 0.4) is 0 Å². The quantitative estimate of drug-likeness (QED) is 0.762. The molecule has 0 atom stereocenters. The minimum Gasteiger partial charge on any atom is -0.396 e. The van der Waals surface area contributed by atoms with E-state index in [1.54, 1.807) is 0 Å². The highest BCUT2D eigenvalue weighted by Crippen LogP contribution is 2.28.